The van der Waals surface area contributed by atoms with Crippen LogP contribution in [-0.2, 0) is 20.7 Å². The molecule has 0 fully saturated rings. The van der Waals surface area contributed by atoms with Gasteiger partial charge in [-0.15, -0.1) is 0 Å². The minimum atomic E-state index is -0.822. The number of benzene rings is 2. The zero-order chi connectivity index (χ0) is 20.6. The molecule has 0 aliphatic rings. The molecule has 0 spiro atoms. The molecule has 3 aromatic rings. The second-order valence-corrected chi connectivity index (χ2v) is 6.38. The molecule has 7 heteroatoms. The maximum absolute atomic E-state index is 12.4. The van der Waals surface area contributed by atoms with Gasteiger partial charge < -0.3 is 24.5 Å². The normalized spacial score (nSPS) is 11.7. The van der Waals surface area contributed by atoms with Gasteiger partial charge in [0.25, 0.3) is 5.91 Å². The number of hydrogen-bond donors (Lipinski definition) is 2. The van der Waals surface area contributed by atoms with Crippen LogP contribution in [0.5, 0.6) is 11.5 Å². The lowest BCUT2D eigenvalue weighted by Gasteiger charge is -2.17. The van der Waals surface area contributed by atoms with Crippen LogP contribution in [0, 0.1) is 0 Å². The molecule has 0 aliphatic heterocycles. The van der Waals surface area contributed by atoms with Gasteiger partial charge in [0.2, 0.25) is 0 Å². The van der Waals surface area contributed by atoms with Crippen molar-refractivity contribution in [3.63, 3.8) is 0 Å². The summed E-state index contributed by atoms with van der Waals surface area (Å²) >= 11 is 0. The highest BCUT2D eigenvalue weighted by molar-refractivity contribution is 5.87. The minimum absolute atomic E-state index is 0.245. The van der Waals surface area contributed by atoms with E-state index in [2.05, 4.69) is 10.3 Å². The summed E-state index contributed by atoms with van der Waals surface area (Å²) in [6, 6.07) is 14.1. The molecule has 152 valence electrons. The zero-order valence-corrected chi connectivity index (χ0v) is 16.4. The molecule has 0 saturated heterocycles. The summed E-state index contributed by atoms with van der Waals surface area (Å²) in [4.78, 5) is 27.8. The number of H-pyrrole nitrogens is 1. The van der Waals surface area contributed by atoms with E-state index in [1.165, 1.54) is 7.11 Å². The Labute approximate surface area is 169 Å². The van der Waals surface area contributed by atoms with Crippen molar-refractivity contribution >= 4 is 22.8 Å². The summed E-state index contributed by atoms with van der Waals surface area (Å²) in [5.74, 6) is 0.0896. The number of fused-ring (bicyclic) bond motifs is 1. The molecule has 0 unspecified atom stereocenters. The van der Waals surface area contributed by atoms with Crippen molar-refractivity contribution in [2.75, 3.05) is 20.3 Å². The van der Waals surface area contributed by atoms with Gasteiger partial charge in [-0.1, -0.05) is 30.3 Å². The summed E-state index contributed by atoms with van der Waals surface area (Å²) in [5.41, 5.74) is 1.88. The number of rotatable bonds is 9. The average molecular weight is 396 g/mol. The van der Waals surface area contributed by atoms with E-state index in [1.807, 2.05) is 43.5 Å². The van der Waals surface area contributed by atoms with Crippen LogP contribution in [0.15, 0.2) is 54.7 Å². The SMILES string of the molecule is CCOc1ccccc1OCC(=O)N[C@H](Cc1c[nH]c2ccccc12)C(=O)OC. The molecule has 3 rings (SSSR count). The van der Waals surface area contributed by atoms with E-state index in [0.717, 1.165) is 16.5 Å². The Bertz CT molecular complexity index is 982. The number of ether oxygens (including phenoxy) is 3. The summed E-state index contributed by atoms with van der Waals surface area (Å²) in [5, 5.41) is 3.70. The summed E-state index contributed by atoms with van der Waals surface area (Å²) in [7, 11) is 1.30. The molecule has 2 N–H and O–H groups in total. The lowest BCUT2D eigenvalue weighted by molar-refractivity contribution is -0.145. The first-order valence-corrected chi connectivity index (χ1v) is 9.39. The highest BCUT2D eigenvalue weighted by Crippen LogP contribution is 2.26. The van der Waals surface area contributed by atoms with Gasteiger partial charge >= 0.3 is 5.97 Å². The van der Waals surface area contributed by atoms with Gasteiger partial charge in [-0.25, -0.2) is 4.79 Å². The third-order valence-electron chi connectivity index (χ3n) is 4.43. The lowest BCUT2D eigenvalue weighted by atomic mass is 10.0. The highest BCUT2D eigenvalue weighted by atomic mass is 16.5. The van der Waals surface area contributed by atoms with Crippen molar-refractivity contribution in [1.29, 1.82) is 0 Å². The quantitative estimate of drug-likeness (QED) is 0.543. The second-order valence-electron chi connectivity index (χ2n) is 6.38. The molecule has 1 atom stereocenters. The number of aromatic amines is 1. The van der Waals surface area contributed by atoms with E-state index >= 15 is 0 Å². The smallest absolute Gasteiger partial charge is 0.328 e. The van der Waals surface area contributed by atoms with Crippen LogP contribution in [0.25, 0.3) is 10.9 Å². The van der Waals surface area contributed by atoms with Crippen LogP contribution in [0.2, 0.25) is 0 Å². The number of carbonyl (C=O) groups excluding carboxylic acids is 2. The predicted octanol–water partition coefficient (Wildman–Crippen LogP) is 2.85. The van der Waals surface area contributed by atoms with Crippen molar-refractivity contribution in [3.8, 4) is 11.5 Å². The van der Waals surface area contributed by atoms with Gasteiger partial charge in [-0.05, 0) is 30.7 Å². The lowest BCUT2D eigenvalue weighted by Crippen LogP contribution is -2.44. The van der Waals surface area contributed by atoms with E-state index in [-0.39, 0.29) is 6.61 Å². The van der Waals surface area contributed by atoms with Gasteiger partial charge in [0.05, 0.1) is 13.7 Å². The van der Waals surface area contributed by atoms with Crippen LogP contribution in [0.3, 0.4) is 0 Å². The maximum atomic E-state index is 12.4. The van der Waals surface area contributed by atoms with E-state index in [9.17, 15) is 9.59 Å². The molecular weight excluding hydrogens is 372 g/mol. The first-order chi connectivity index (χ1) is 14.1. The first-order valence-electron chi connectivity index (χ1n) is 9.39. The van der Waals surface area contributed by atoms with Crippen molar-refractivity contribution in [1.82, 2.24) is 10.3 Å². The Balaban J connectivity index is 1.66. The standard InChI is InChI=1S/C22H24N2O5/c1-3-28-19-10-6-7-11-20(19)29-14-21(25)24-18(22(26)27-2)12-15-13-23-17-9-5-4-8-16(15)17/h4-11,13,18,23H,3,12,14H2,1-2H3,(H,24,25)/t18-/m1/s1. The first kappa shape index (κ1) is 20.3. The summed E-state index contributed by atoms with van der Waals surface area (Å²) in [6.07, 6.45) is 2.14. The number of hydrogen-bond acceptors (Lipinski definition) is 5. The van der Waals surface area contributed by atoms with E-state index in [0.29, 0.717) is 24.5 Å². The van der Waals surface area contributed by atoms with Gasteiger partial charge in [-0.3, -0.25) is 4.79 Å². The van der Waals surface area contributed by atoms with Crippen LogP contribution in [0.4, 0.5) is 0 Å². The Hall–Kier alpha value is -3.48. The molecule has 0 saturated carbocycles. The molecule has 1 aromatic heterocycles. The Morgan fingerprint density at radius 1 is 1.03 bits per heavy atom. The largest absolute Gasteiger partial charge is 0.490 e. The maximum Gasteiger partial charge on any atom is 0.328 e. The number of carbonyl (C=O) groups is 2. The van der Waals surface area contributed by atoms with Gasteiger partial charge in [0, 0.05) is 23.5 Å². The molecule has 1 heterocycles. The van der Waals surface area contributed by atoms with Crippen LogP contribution in [0.1, 0.15) is 12.5 Å². The topological polar surface area (TPSA) is 89.7 Å². The molecule has 7 nitrogen and oxygen atoms in total. The van der Waals surface area contributed by atoms with Crippen LogP contribution >= 0.6 is 0 Å². The van der Waals surface area contributed by atoms with E-state index in [4.69, 9.17) is 14.2 Å². The van der Waals surface area contributed by atoms with Crippen LogP contribution < -0.4 is 14.8 Å². The minimum Gasteiger partial charge on any atom is -0.490 e. The Morgan fingerprint density at radius 3 is 2.45 bits per heavy atom. The second kappa shape index (κ2) is 9.64. The molecule has 29 heavy (non-hydrogen) atoms. The number of amides is 1. The Kier molecular flexibility index (Phi) is 6.73. The van der Waals surface area contributed by atoms with Crippen molar-refractivity contribution in [3.05, 3.63) is 60.3 Å². The molecule has 0 aliphatic carbocycles. The molecule has 0 bridgehead atoms. The Morgan fingerprint density at radius 2 is 1.72 bits per heavy atom. The number of para-hydroxylation sites is 3. The molecule has 0 radical (unpaired) electrons. The third kappa shape index (κ3) is 5.07. The highest BCUT2D eigenvalue weighted by Gasteiger charge is 2.23. The van der Waals surface area contributed by atoms with Crippen LogP contribution in [-0.4, -0.2) is 43.2 Å². The fraction of sp³-hybridized carbons (Fsp3) is 0.273. The van der Waals surface area contributed by atoms with Crippen molar-refractivity contribution in [2.45, 2.75) is 19.4 Å². The van der Waals surface area contributed by atoms with Gasteiger partial charge in [-0.2, -0.15) is 0 Å². The predicted molar refractivity (Wildman–Crippen MR) is 109 cm³/mol. The monoisotopic (exact) mass is 396 g/mol. The van der Waals surface area contributed by atoms with Gasteiger partial charge in [0.15, 0.2) is 18.1 Å². The summed E-state index contributed by atoms with van der Waals surface area (Å²) < 4.78 is 15.9. The van der Waals surface area contributed by atoms with E-state index < -0.39 is 17.9 Å². The molecular formula is C22H24N2O5. The van der Waals surface area contributed by atoms with Crippen molar-refractivity contribution < 1.29 is 23.8 Å². The van der Waals surface area contributed by atoms with Gasteiger partial charge in [0.1, 0.15) is 6.04 Å². The fourth-order valence-electron chi connectivity index (χ4n) is 3.08. The third-order valence-corrected chi connectivity index (χ3v) is 4.43. The molecule has 1 amide bonds. The van der Waals surface area contributed by atoms with Crippen molar-refractivity contribution in [2.24, 2.45) is 0 Å². The zero-order valence-electron chi connectivity index (χ0n) is 16.4. The molecule has 2 aromatic carbocycles. The fourth-order valence-corrected chi connectivity index (χ4v) is 3.08. The number of esters is 1. The number of aromatic nitrogens is 1. The summed E-state index contributed by atoms with van der Waals surface area (Å²) in [6.45, 7) is 2.11. The number of nitrogens with one attached hydrogen (secondary N) is 2. The average Bonchev–Trinajstić information content (AvgIpc) is 3.15. The van der Waals surface area contributed by atoms with E-state index in [1.54, 1.807) is 18.2 Å². The number of methoxy groups -OCH3 is 1.